The summed E-state index contributed by atoms with van der Waals surface area (Å²) in [4.78, 5) is 19.5. The minimum absolute atomic E-state index is 0.0766. The molecule has 0 spiro atoms. The Morgan fingerprint density at radius 2 is 1.93 bits per heavy atom. The van der Waals surface area contributed by atoms with Crippen LogP contribution < -0.4 is 11.5 Å². The largest absolute Gasteiger partial charge is 0.416 e. The van der Waals surface area contributed by atoms with Gasteiger partial charge in [0.1, 0.15) is 5.82 Å². The van der Waals surface area contributed by atoms with Gasteiger partial charge in [-0.25, -0.2) is 4.98 Å². The number of fused-ring (bicyclic) bond motifs is 1. The molecule has 0 radical (unpaired) electrons. The number of halogens is 4. The number of carbonyl (C=O) groups is 1. The van der Waals surface area contributed by atoms with E-state index in [0.29, 0.717) is 34.9 Å². The molecule has 0 fully saturated rings. The third-order valence-electron chi connectivity index (χ3n) is 4.18. The molecule has 0 bridgehead atoms. The van der Waals surface area contributed by atoms with E-state index in [1.807, 2.05) is 0 Å². The molecule has 10 heteroatoms. The first kappa shape index (κ1) is 20.7. The zero-order valence-corrected chi connectivity index (χ0v) is 15.8. The van der Waals surface area contributed by atoms with Crippen molar-refractivity contribution in [2.24, 2.45) is 16.5 Å². The van der Waals surface area contributed by atoms with Crippen LogP contribution >= 0.6 is 11.6 Å². The maximum Gasteiger partial charge on any atom is 0.416 e. The van der Waals surface area contributed by atoms with Crippen molar-refractivity contribution < 1.29 is 18.0 Å². The van der Waals surface area contributed by atoms with Crippen LogP contribution in [0.2, 0.25) is 5.02 Å². The summed E-state index contributed by atoms with van der Waals surface area (Å²) in [5.74, 6) is -0.337. The lowest BCUT2D eigenvalue weighted by Gasteiger charge is -2.10. The highest BCUT2D eigenvalue weighted by Gasteiger charge is 2.31. The summed E-state index contributed by atoms with van der Waals surface area (Å²) in [6.07, 6.45) is -4.02. The topological polar surface area (TPSA) is 99.3 Å². The molecule has 1 amide bonds. The number of amides is 1. The molecule has 0 unspecified atom stereocenters. The van der Waals surface area contributed by atoms with Crippen molar-refractivity contribution in [3.8, 4) is 11.4 Å². The Kier molecular flexibility index (Phi) is 5.78. The van der Waals surface area contributed by atoms with Crippen LogP contribution in [0.1, 0.15) is 18.4 Å². The quantitative estimate of drug-likeness (QED) is 0.479. The zero-order valence-electron chi connectivity index (χ0n) is 15.1. The summed E-state index contributed by atoms with van der Waals surface area (Å²) in [6, 6.07) is 10.2. The molecule has 4 N–H and O–H groups in total. The van der Waals surface area contributed by atoms with E-state index in [1.54, 1.807) is 28.8 Å². The number of alkyl halides is 3. The lowest BCUT2D eigenvalue weighted by atomic mass is 10.2. The number of imidazole rings is 1. The first-order chi connectivity index (χ1) is 13.6. The van der Waals surface area contributed by atoms with Crippen LogP contribution in [0.5, 0.6) is 0 Å². The second-order valence-electron chi connectivity index (χ2n) is 6.33. The highest BCUT2D eigenvalue weighted by Crippen LogP contribution is 2.33. The highest BCUT2D eigenvalue weighted by molar-refractivity contribution is 6.30. The molecule has 2 aromatic carbocycles. The molecule has 3 aromatic rings. The van der Waals surface area contributed by atoms with Crippen molar-refractivity contribution in [2.45, 2.75) is 25.6 Å². The molecule has 152 valence electrons. The summed E-state index contributed by atoms with van der Waals surface area (Å²) >= 11 is 6.06. The van der Waals surface area contributed by atoms with Gasteiger partial charge in [0.25, 0.3) is 0 Å². The number of guanidine groups is 1. The number of aryl methyl sites for hydroxylation is 1. The van der Waals surface area contributed by atoms with Gasteiger partial charge in [-0.2, -0.15) is 18.2 Å². The van der Waals surface area contributed by atoms with Gasteiger partial charge < -0.3 is 16.0 Å². The van der Waals surface area contributed by atoms with Crippen LogP contribution in [-0.2, 0) is 17.5 Å². The predicted molar refractivity (Wildman–Crippen MR) is 105 cm³/mol. The second kappa shape index (κ2) is 8.12. The molecule has 0 aliphatic heterocycles. The van der Waals surface area contributed by atoms with E-state index in [0.717, 1.165) is 12.1 Å². The Morgan fingerprint density at radius 3 is 2.59 bits per heavy atom. The van der Waals surface area contributed by atoms with Crippen LogP contribution in [0, 0.1) is 0 Å². The normalized spacial score (nSPS) is 11.6. The molecular formula is C19H17ClF3N5O. The number of nitrogens with zero attached hydrogens (tertiary/aromatic N) is 3. The summed E-state index contributed by atoms with van der Waals surface area (Å²) in [6.45, 7) is 0.329. The number of rotatable bonds is 5. The molecule has 3 rings (SSSR count). The standard InChI is InChI=1S/C19H17ClF3N5O/c20-13-4-1-3-11(9-13)17-26-14-10-12(19(21,22)23)6-7-15(14)28(17)8-2-5-16(29)27-18(24)25/h1,3-4,6-7,9-10H,2,5,8H2,(H4,24,25,27,29). The van der Waals surface area contributed by atoms with Gasteiger partial charge >= 0.3 is 6.18 Å². The fraction of sp³-hybridized carbons (Fsp3) is 0.211. The van der Waals surface area contributed by atoms with Crippen molar-refractivity contribution >= 4 is 34.5 Å². The zero-order chi connectivity index (χ0) is 21.2. The lowest BCUT2D eigenvalue weighted by Crippen LogP contribution is -2.24. The molecule has 0 saturated heterocycles. The van der Waals surface area contributed by atoms with E-state index in [1.165, 1.54) is 6.07 Å². The van der Waals surface area contributed by atoms with Gasteiger partial charge in [0, 0.05) is 23.6 Å². The SMILES string of the molecule is NC(N)=NC(=O)CCCn1c(-c2cccc(Cl)c2)nc2cc(C(F)(F)F)ccc21. The second-order valence-corrected chi connectivity index (χ2v) is 6.77. The maximum absolute atomic E-state index is 13.1. The number of hydrogen-bond donors (Lipinski definition) is 2. The predicted octanol–water partition coefficient (Wildman–Crippen LogP) is 3.96. The minimum Gasteiger partial charge on any atom is -0.370 e. The van der Waals surface area contributed by atoms with Gasteiger partial charge in [-0.15, -0.1) is 0 Å². The van der Waals surface area contributed by atoms with Gasteiger partial charge in [-0.05, 0) is 36.8 Å². The fourth-order valence-electron chi connectivity index (χ4n) is 2.97. The first-order valence-electron chi connectivity index (χ1n) is 8.61. The minimum atomic E-state index is -4.47. The average molecular weight is 424 g/mol. The number of hydrogen-bond acceptors (Lipinski definition) is 2. The summed E-state index contributed by atoms with van der Waals surface area (Å²) < 4.78 is 41.0. The van der Waals surface area contributed by atoms with E-state index in [9.17, 15) is 18.0 Å². The van der Waals surface area contributed by atoms with Crippen LogP contribution in [0.25, 0.3) is 22.4 Å². The Hall–Kier alpha value is -3.07. The van der Waals surface area contributed by atoms with Crippen LogP contribution in [0.4, 0.5) is 13.2 Å². The van der Waals surface area contributed by atoms with Crippen molar-refractivity contribution in [3.05, 3.63) is 53.1 Å². The van der Waals surface area contributed by atoms with Crippen molar-refractivity contribution in [1.29, 1.82) is 0 Å². The van der Waals surface area contributed by atoms with Crippen LogP contribution in [0.3, 0.4) is 0 Å². The molecule has 0 saturated carbocycles. The average Bonchev–Trinajstić information content (AvgIpc) is 2.98. The number of nitrogens with two attached hydrogens (primary N) is 2. The number of carbonyl (C=O) groups excluding carboxylic acids is 1. The van der Waals surface area contributed by atoms with Gasteiger partial charge in [-0.1, -0.05) is 23.7 Å². The fourth-order valence-corrected chi connectivity index (χ4v) is 3.16. The van der Waals surface area contributed by atoms with Crippen molar-refractivity contribution in [2.75, 3.05) is 0 Å². The van der Waals surface area contributed by atoms with Crippen LogP contribution in [-0.4, -0.2) is 21.4 Å². The summed E-state index contributed by atoms with van der Waals surface area (Å²) in [5.41, 5.74) is 11.0. The molecule has 1 aromatic heterocycles. The van der Waals surface area contributed by atoms with E-state index >= 15 is 0 Å². The van der Waals surface area contributed by atoms with Gasteiger partial charge in [-0.3, -0.25) is 4.79 Å². The van der Waals surface area contributed by atoms with E-state index in [4.69, 9.17) is 23.1 Å². The number of aromatic nitrogens is 2. The molecule has 29 heavy (non-hydrogen) atoms. The first-order valence-corrected chi connectivity index (χ1v) is 8.99. The third kappa shape index (κ3) is 4.86. The molecule has 0 aliphatic rings. The Labute approximate surface area is 169 Å². The lowest BCUT2D eigenvalue weighted by molar-refractivity contribution is -0.137. The Bertz CT molecular complexity index is 1090. The summed E-state index contributed by atoms with van der Waals surface area (Å²) in [5, 5.41) is 0.472. The Balaban J connectivity index is 2.01. The van der Waals surface area contributed by atoms with Crippen LogP contribution in [0.15, 0.2) is 47.5 Å². The van der Waals surface area contributed by atoms with Gasteiger partial charge in [0.15, 0.2) is 5.96 Å². The van der Waals surface area contributed by atoms with E-state index in [2.05, 4.69) is 9.98 Å². The molecular weight excluding hydrogens is 407 g/mol. The van der Waals surface area contributed by atoms with E-state index in [-0.39, 0.29) is 17.9 Å². The Morgan fingerprint density at radius 1 is 1.17 bits per heavy atom. The number of aliphatic imine (C=N–C) groups is 1. The van der Waals surface area contributed by atoms with Gasteiger partial charge in [0.05, 0.1) is 16.6 Å². The molecule has 0 aliphatic carbocycles. The van der Waals surface area contributed by atoms with Crippen molar-refractivity contribution in [1.82, 2.24) is 9.55 Å². The smallest absolute Gasteiger partial charge is 0.370 e. The molecule has 1 heterocycles. The number of benzene rings is 2. The summed E-state index contributed by atoms with van der Waals surface area (Å²) in [7, 11) is 0. The third-order valence-corrected chi connectivity index (χ3v) is 4.42. The molecule has 6 nitrogen and oxygen atoms in total. The monoisotopic (exact) mass is 423 g/mol. The maximum atomic E-state index is 13.1. The van der Waals surface area contributed by atoms with Gasteiger partial charge in [0.2, 0.25) is 5.91 Å². The van der Waals surface area contributed by atoms with E-state index < -0.39 is 17.6 Å². The highest BCUT2D eigenvalue weighted by atomic mass is 35.5. The van der Waals surface area contributed by atoms with Crippen molar-refractivity contribution in [3.63, 3.8) is 0 Å². The molecule has 0 atom stereocenters.